The third kappa shape index (κ3) is 2.17. The summed E-state index contributed by atoms with van der Waals surface area (Å²) in [6.45, 7) is 2.03. The molecule has 0 atom stereocenters. The predicted molar refractivity (Wildman–Crippen MR) is 80.7 cm³/mol. The van der Waals surface area contributed by atoms with Crippen molar-refractivity contribution in [2.24, 2.45) is 7.05 Å². The Bertz CT molecular complexity index is 829. The van der Waals surface area contributed by atoms with Gasteiger partial charge in [-0.25, -0.2) is 0 Å². The zero-order valence-corrected chi connectivity index (χ0v) is 12.5. The Kier molecular flexibility index (Phi) is 3.19. The first-order valence-electron chi connectivity index (χ1n) is 6.00. The summed E-state index contributed by atoms with van der Waals surface area (Å²) < 4.78 is 3.99. The van der Waals surface area contributed by atoms with Crippen LogP contribution in [0.4, 0.5) is 0 Å². The SMILES string of the molecule is Cc1cccc(-n2c(-c3nn(C)cc3Cl)n[nH]c2=S)c1. The summed E-state index contributed by atoms with van der Waals surface area (Å²) in [4.78, 5) is 0. The Balaban J connectivity index is 2.25. The van der Waals surface area contributed by atoms with E-state index in [1.807, 2.05) is 42.8 Å². The van der Waals surface area contributed by atoms with Gasteiger partial charge in [0.2, 0.25) is 0 Å². The van der Waals surface area contributed by atoms with Crippen LogP contribution in [0.5, 0.6) is 0 Å². The fourth-order valence-electron chi connectivity index (χ4n) is 2.07. The first-order chi connectivity index (χ1) is 9.56. The molecule has 0 amide bonds. The molecule has 3 aromatic rings. The van der Waals surface area contributed by atoms with Crippen molar-refractivity contribution in [2.75, 3.05) is 0 Å². The monoisotopic (exact) mass is 305 g/mol. The van der Waals surface area contributed by atoms with Gasteiger partial charge in [-0.15, -0.1) is 0 Å². The lowest BCUT2D eigenvalue weighted by atomic mass is 10.2. The van der Waals surface area contributed by atoms with Crippen molar-refractivity contribution < 1.29 is 0 Å². The molecule has 1 aromatic carbocycles. The van der Waals surface area contributed by atoms with Crippen LogP contribution in [0.15, 0.2) is 30.5 Å². The Morgan fingerprint density at radius 2 is 2.15 bits per heavy atom. The second-order valence-corrected chi connectivity index (χ2v) is 5.32. The average Bonchev–Trinajstić information content (AvgIpc) is 2.92. The second-order valence-electron chi connectivity index (χ2n) is 4.53. The van der Waals surface area contributed by atoms with E-state index in [-0.39, 0.29) is 0 Å². The lowest BCUT2D eigenvalue weighted by Gasteiger charge is -2.06. The lowest BCUT2D eigenvalue weighted by Crippen LogP contribution is -1.99. The van der Waals surface area contributed by atoms with Gasteiger partial charge in [-0.05, 0) is 36.8 Å². The van der Waals surface area contributed by atoms with Gasteiger partial charge in [0.25, 0.3) is 0 Å². The summed E-state index contributed by atoms with van der Waals surface area (Å²) in [5, 5.41) is 11.9. The minimum atomic E-state index is 0.507. The highest BCUT2D eigenvalue weighted by Crippen LogP contribution is 2.26. The molecule has 102 valence electrons. The Morgan fingerprint density at radius 1 is 1.35 bits per heavy atom. The van der Waals surface area contributed by atoms with Crippen LogP contribution in [-0.2, 0) is 7.05 Å². The number of halogens is 1. The van der Waals surface area contributed by atoms with Crippen molar-refractivity contribution in [3.05, 3.63) is 45.8 Å². The summed E-state index contributed by atoms with van der Waals surface area (Å²) in [5.41, 5.74) is 2.67. The van der Waals surface area contributed by atoms with Crippen LogP contribution >= 0.6 is 23.8 Å². The average molecular weight is 306 g/mol. The first-order valence-corrected chi connectivity index (χ1v) is 6.79. The fraction of sp³-hybridized carbons (Fsp3) is 0.154. The van der Waals surface area contributed by atoms with E-state index in [0.29, 0.717) is 21.3 Å². The van der Waals surface area contributed by atoms with Gasteiger partial charge in [0.05, 0.1) is 10.7 Å². The Morgan fingerprint density at radius 3 is 2.80 bits per heavy atom. The van der Waals surface area contributed by atoms with E-state index in [9.17, 15) is 0 Å². The lowest BCUT2D eigenvalue weighted by molar-refractivity contribution is 0.767. The van der Waals surface area contributed by atoms with Crippen molar-refractivity contribution in [3.63, 3.8) is 0 Å². The number of nitrogens with zero attached hydrogens (tertiary/aromatic N) is 4. The number of aromatic amines is 1. The molecular formula is C13H12ClN5S. The van der Waals surface area contributed by atoms with Crippen LogP contribution < -0.4 is 0 Å². The molecule has 0 aliphatic heterocycles. The second kappa shape index (κ2) is 4.88. The maximum absolute atomic E-state index is 6.19. The van der Waals surface area contributed by atoms with Gasteiger partial charge in [0, 0.05) is 13.2 Å². The standard InChI is InChI=1S/C13H12ClN5S/c1-8-4-3-5-9(6-8)19-12(15-16-13(19)20)11-10(14)7-18(2)17-11/h3-7H,1-2H3,(H,16,20). The summed E-state index contributed by atoms with van der Waals surface area (Å²) >= 11 is 11.5. The minimum Gasteiger partial charge on any atom is -0.274 e. The zero-order valence-electron chi connectivity index (χ0n) is 11.0. The van der Waals surface area contributed by atoms with Gasteiger partial charge in [-0.3, -0.25) is 14.3 Å². The summed E-state index contributed by atoms with van der Waals surface area (Å²) in [7, 11) is 1.81. The fourth-order valence-corrected chi connectivity index (χ4v) is 2.57. The summed E-state index contributed by atoms with van der Waals surface area (Å²) in [5.74, 6) is 0.603. The van der Waals surface area contributed by atoms with E-state index >= 15 is 0 Å². The van der Waals surface area contributed by atoms with E-state index in [4.69, 9.17) is 23.8 Å². The molecule has 0 aliphatic rings. The molecule has 3 rings (SSSR count). The van der Waals surface area contributed by atoms with Crippen molar-refractivity contribution in [1.82, 2.24) is 24.5 Å². The normalized spacial score (nSPS) is 10.9. The highest BCUT2D eigenvalue weighted by molar-refractivity contribution is 7.71. The first kappa shape index (κ1) is 13.1. The molecular weight excluding hydrogens is 294 g/mol. The zero-order chi connectivity index (χ0) is 14.3. The molecule has 5 nitrogen and oxygen atoms in total. The number of hydrogen-bond acceptors (Lipinski definition) is 3. The van der Waals surface area contributed by atoms with Gasteiger partial charge >= 0.3 is 0 Å². The van der Waals surface area contributed by atoms with Crippen LogP contribution in [-0.4, -0.2) is 24.5 Å². The van der Waals surface area contributed by atoms with Gasteiger partial charge in [-0.2, -0.15) is 10.2 Å². The number of nitrogens with one attached hydrogen (secondary N) is 1. The Labute approximate surface area is 125 Å². The number of H-pyrrole nitrogens is 1. The van der Waals surface area contributed by atoms with E-state index in [0.717, 1.165) is 11.3 Å². The highest BCUT2D eigenvalue weighted by atomic mass is 35.5. The van der Waals surface area contributed by atoms with Crippen LogP contribution in [0.1, 0.15) is 5.56 Å². The highest BCUT2D eigenvalue weighted by Gasteiger charge is 2.17. The maximum Gasteiger partial charge on any atom is 0.200 e. The number of hydrogen-bond donors (Lipinski definition) is 1. The van der Waals surface area contributed by atoms with Crippen molar-refractivity contribution >= 4 is 23.8 Å². The molecule has 0 aliphatic carbocycles. The third-order valence-corrected chi connectivity index (χ3v) is 3.48. The van der Waals surface area contributed by atoms with E-state index in [1.165, 1.54) is 0 Å². The smallest absolute Gasteiger partial charge is 0.200 e. The number of aromatic nitrogens is 5. The van der Waals surface area contributed by atoms with Crippen LogP contribution in [0.25, 0.3) is 17.2 Å². The molecule has 0 fully saturated rings. The Hall–Kier alpha value is -1.92. The van der Waals surface area contributed by atoms with Gasteiger partial charge in [-0.1, -0.05) is 23.7 Å². The summed E-state index contributed by atoms with van der Waals surface area (Å²) in [6.07, 6.45) is 1.73. The number of rotatable bonds is 2. The molecule has 0 saturated carbocycles. The molecule has 7 heteroatoms. The molecule has 1 N–H and O–H groups in total. The molecule has 0 unspecified atom stereocenters. The number of aryl methyl sites for hydroxylation is 2. The third-order valence-electron chi connectivity index (χ3n) is 2.93. The largest absolute Gasteiger partial charge is 0.274 e. The molecule has 0 radical (unpaired) electrons. The molecule has 20 heavy (non-hydrogen) atoms. The van der Waals surface area contributed by atoms with Crippen LogP contribution in [0.3, 0.4) is 0 Å². The number of benzene rings is 1. The minimum absolute atomic E-state index is 0.507. The predicted octanol–water partition coefficient (Wildman–Crippen LogP) is 3.29. The van der Waals surface area contributed by atoms with Crippen molar-refractivity contribution in [3.8, 4) is 17.2 Å². The molecule has 0 saturated heterocycles. The summed E-state index contributed by atoms with van der Waals surface area (Å²) in [6, 6.07) is 8.01. The van der Waals surface area contributed by atoms with Crippen molar-refractivity contribution in [1.29, 1.82) is 0 Å². The maximum atomic E-state index is 6.19. The quantitative estimate of drug-likeness (QED) is 0.739. The van der Waals surface area contributed by atoms with E-state index < -0.39 is 0 Å². The van der Waals surface area contributed by atoms with E-state index in [2.05, 4.69) is 15.3 Å². The topological polar surface area (TPSA) is 51.4 Å². The van der Waals surface area contributed by atoms with E-state index in [1.54, 1.807) is 10.9 Å². The molecule has 2 aromatic heterocycles. The van der Waals surface area contributed by atoms with Gasteiger partial charge in [0.15, 0.2) is 10.6 Å². The van der Waals surface area contributed by atoms with Gasteiger partial charge < -0.3 is 0 Å². The molecule has 0 bridgehead atoms. The molecule has 0 spiro atoms. The molecule has 2 heterocycles. The van der Waals surface area contributed by atoms with Crippen LogP contribution in [0.2, 0.25) is 5.02 Å². The van der Waals surface area contributed by atoms with Crippen LogP contribution in [0, 0.1) is 11.7 Å². The van der Waals surface area contributed by atoms with Gasteiger partial charge in [0.1, 0.15) is 5.69 Å². The van der Waals surface area contributed by atoms with Crippen molar-refractivity contribution in [2.45, 2.75) is 6.92 Å².